The number of hydrogen-bond acceptors (Lipinski definition) is 4. The van der Waals surface area contributed by atoms with Crippen LogP contribution in [0.4, 0.5) is 5.69 Å². The summed E-state index contributed by atoms with van der Waals surface area (Å²) in [4.78, 5) is 11.7. The molecule has 0 aliphatic carbocycles. The van der Waals surface area contributed by atoms with Crippen molar-refractivity contribution >= 4 is 11.6 Å². The molecule has 1 aromatic carbocycles. The fourth-order valence-electron chi connectivity index (χ4n) is 1.98. The quantitative estimate of drug-likeness (QED) is 0.844. The Morgan fingerprint density at radius 3 is 2.63 bits per heavy atom. The van der Waals surface area contributed by atoms with Crippen molar-refractivity contribution in [3.05, 3.63) is 24.3 Å². The molecule has 1 amide bonds. The number of rotatable bonds is 5. The average Bonchev–Trinajstić information content (AvgIpc) is 2.47. The van der Waals surface area contributed by atoms with Gasteiger partial charge >= 0.3 is 0 Å². The largest absolute Gasteiger partial charge is 0.484 e. The van der Waals surface area contributed by atoms with Gasteiger partial charge in [-0.15, -0.1) is 0 Å². The van der Waals surface area contributed by atoms with E-state index in [1.807, 2.05) is 31.3 Å². The van der Waals surface area contributed by atoms with Gasteiger partial charge in [0.05, 0.1) is 0 Å². The molecule has 0 unspecified atom stereocenters. The molecule has 0 spiro atoms. The van der Waals surface area contributed by atoms with Crippen LogP contribution in [0.1, 0.15) is 12.8 Å². The van der Waals surface area contributed by atoms with Crippen LogP contribution in [0, 0.1) is 0 Å². The molecule has 0 saturated carbocycles. The zero-order valence-electron chi connectivity index (χ0n) is 11.1. The number of carbonyl (C=O) groups excluding carboxylic acids is 1. The summed E-state index contributed by atoms with van der Waals surface area (Å²) in [6.07, 6.45) is 1.76. The highest BCUT2D eigenvalue weighted by Crippen LogP contribution is 2.15. The molecule has 0 atom stereocenters. The Bertz CT molecular complexity index is 400. The van der Waals surface area contributed by atoms with Crippen molar-refractivity contribution in [3.8, 4) is 5.75 Å². The molecule has 0 radical (unpaired) electrons. The van der Waals surface area contributed by atoms with Gasteiger partial charge in [-0.3, -0.25) is 4.79 Å². The summed E-state index contributed by atoms with van der Waals surface area (Å²) < 4.78 is 10.7. The van der Waals surface area contributed by atoms with Gasteiger partial charge < -0.3 is 20.1 Å². The first kappa shape index (κ1) is 13.7. The molecule has 1 heterocycles. The predicted octanol–water partition coefficient (Wildman–Crippen LogP) is 1.40. The SMILES string of the molecule is CNc1ccc(OCC(=O)NC2CCOCC2)cc1. The average molecular weight is 264 g/mol. The highest BCUT2D eigenvalue weighted by atomic mass is 16.5. The van der Waals surface area contributed by atoms with Crippen molar-refractivity contribution < 1.29 is 14.3 Å². The van der Waals surface area contributed by atoms with Crippen molar-refractivity contribution in [2.75, 3.05) is 32.2 Å². The summed E-state index contributed by atoms with van der Waals surface area (Å²) in [5.74, 6) is 0.616. The van der Waals surface area contributed by atoms with Gasteiger partial charge in [0, 0.05) is 32.0 Å². The van der Waals surface area contributed by atoms with Crippen molar-refractivity contribution in [2.45, 2.75) is 18.9 Å². The van der Waals surface area contributed by atoms with E-state index in [2.05, 4.69) is 10.6 Å². The van der Waals surface area contributed by atoms with Gasteiger partial charge in [-0.2, -0.15) is 0 Å². The predicted molar refractivity (Wildman–Crippen MR) is 73.5 cm³/mol. The van der Waals surface area contributed by atoms with E-state index in [0.717, 1.165) is 31.7 Å². The second-order valence-electron chi connectivity index (χ2n) is 4.52. The van der Waals surface area contributed by atoms with Crippen LogP contribution >= 0.6 is 0 Å². The maximum atomic E-state index is 11.7. The fraction of sp³-hybridized carbons (Fsp3) is 0.500. The molecule has 1 aliphatic heterocycles. The molecule has 2 N–H and O–H groups in total. The first-order valence-corrected chi connectivity index (χ1v) is 6.55. The highest BCUT2D eigenvalue weighted by Gasteiger charge is 2.16. The van der Waals surface area contributed by atoms with Gasteiger partial charge in [-0.05, 0) is 37.1 Å². The molecule has 0 aromatic heterocycles. The van der Waals surface area contributed by atoms with E-state index in [9.17, 15) is 4.79 Å². The number of carbonyl (C=O) groups is 1. The Hall–Kier alpha value is -1.75. The molecule has 19 heavy (non-hydrogen) atoms. The first-order valence-electron chi connectivity index (χ1n) is 6.55. The highest BCUT2D eigenvalue weighted by molar-refractivity contribution is 5.77. The van der Waals surface area contributed by atoms with Crippen LogP contribution in [-0.2, 0) is 9.53 Å². The molecular formula is C14H20N2O3. The molecular weight excluding hydrogens is 244 g/mol. The summed E-state index contributed by atoms with van der Waals surface area (Å²) in [6, 6.07) is 7.72. The number of anilines is 1. The molecule has 5 heteroatoms. The molecule has 5 nitrogen and oxygen atoms in total. The van der Waals surface area contributed by atoms with Gasteiger partial charge in [-0.25, -0.2) is 0 Å². The lowest BCUT2D eigenvalue weighted by atomic mass is 10.1. The number of ether oxygens (including phenoxy) is 2. The number of amides is 1. The van der Waals surface area contributed by atoms with Crippen LogP contribution in [0.5, 0.6) is 5.75 Å². The van der Waals surface area contributed by atoms with E-state index in [0.29, 0.717) is 5.75 Å². The second-order valence-corrected chi connectivity index (χ2v) is 4.52. The number of benzene rings is 1. The second kappa shape index (κ2) is 6.99. The summed E-state index contributed by atoms with van der Waals surface area (Å²) in [5.41, 5.74) is 1.01. The Kier molecular flexibility index (Phi) is 5.03. The Morgan fingerprint density at radius 2 is 2.00 bits per heavy atom. The topological polar surface area (TPSA) is 59.6 Å². The molecule has 2 rings (SSSR count). The van der Waals surface area contributed by atoms with Crippen molar-refractivity contribution in [2.24, 2.45) is 0 Å². The lowest BCUT2D eigenvalue weighted by molar-refractivity contribution is -0.124. The van der Waals surface area contributed by atoms with Crippen LogP contribution < -0.4 is 15.4 Å². The summed E-state index contributed by atoms with van der Waals surface area (Å²) in [7, 11) is 1.86. The van der Waals surface area contributed by atoms with Crippen LogP contribution in [-0.4, -0.2) is 38.8 Å². The van der Waals surface area contributed by atoms with Crippen molar-refractivity contribution in [1.29, 1.82) is 0 Å². The molecule has 104 valence electrons. The van der Waals surface area contributed by atoms with Gasteiger partial charge in [0.2, 0.25) is 0 Å². The Labute approximate surface area is 113 Å². The summed E-state index contributed by atoms with van der Waals surface area (Å²) in [6.45, 7) is 1.49. The molecule has 1 aliphatic rings. The van der Waals surface area contributed by atoms with E-state index in [1.165, 1.54) is 0 Å². The summed E-state index contributed by atoms with van der Waals surface area (Å²) >= 11 is 0. The fourth-order valence-corrected chi connectivity index (χ4v) is 1.98. The van der Waals surface area contributed by atoms with Crippen molar-refractivity contribution in [3.63, 3.8) is 0 Å². The minimum Gasteiger partial charge on any atom is -0.484 e. The maximum absolute atomic E-state index is 11.7. The van der Waals surface area contributed by atoms with E-state index >= 15 is 0 Å². The number of nitrogens with one attached hydrogen (secondary N) is 2. The zero-order valence-corrected chi connectivity index (χ0v) is 11.1. The van der Waals surface area contributed by atoms with Gasteiger partial charge in [0.1, 0.15) is 5.75 Å². The Morgan fingerprint density at radius 1 is 1.32 bits per heavy atom. The van der Waals surface area contributed by atoms with E-state index in [1.54, 1.807) is 0 Å². The minimum atomic E-state index is -0.0791. The van der Waals surface area contributed by atoms with Crippen LogP contribution in [0.3, 0.4) is 0 Å². The number of hydrogen-bond donors (Lipinski definition) is 2. The zero-order chi connectivity index (χ0) is 13.5. The van der Waals surface area contributed by atoms with Crippen molar-refractivity contribution in [1.82, 2.24) is 5.32 Å². The molecule has 1 saturated heterocycles. The third-order valence-corrected chi connectivity index (χ3v) is 3.10. The van der Waals surface area contributed by atoms with Crippen LogP contribution in [0.25, 0.3) is 0 Å². The maximum Gasteiger partial charge on any atom is 0.258 e. The van der Waals surface area contributed by atoms with Gasteiger partial charge in [-0.1, -0.05) is 0 Å². The van der Waals surface area contributed by atoms with Gasteiger partial charge in [0.15, 0.2) is 6.61 Å². The van der Waals surface area contributed by atoms with Crippen LogP contribution in [0.15, 0.2) is 24.3 Å². The minimum absolute atomic E-state index is 0.0518. The lowest BCUT2D eigenvalue weighted by Gasteiger charge is -2.23. The van der Waals surface area contributed by atoms with Gasteiger partial charge in [0.25, 0.3) is 5.91 Å². The third kappa shape index (κ3) is 4.44. The standard InChI is InChI=1S/C14H20N2O3/c1-15-11-2-4-13(5-3-11)19-10-14(17)16-12-6-8-18-9-7-12/h2-5,12,15H,6-10H2,1H3,(H,16,17). The van der Waals surface area contributed by atoms with E-state index in [-0.39, 0.29) is 18.6 Å². The first-order chi connectivity index (χ1) is 9.28. The molecule has 1 fully saturated rings. The lowest BCUT2D eigenvalue weighted by Crippen LogP contribution is -2.41. The smallest absolute Gasteiger partial charge is 0.258 e. The van der Waals surface area contributed by atoms with E-state index < -0.39 is 0 Å². The van der Waals surface area contributed by atoms with Crippen LogP contribution in [0.2, 0.25) is 0 Å². The molecule has 1 aromatic rings. The normalized spacial score (nSPS) is 15.8. The molecule has 0 bridgehead atoms. The monoisotopic (exact) mass is 264 g/mol. The van der Waals surface area contributed by atoms with E-state index in [4.69, 9.17) is 9.47 Å². The Balaban J connectivity index is 1.72. The third-order valence-electron chi connectivity index (χ3n) is 3.10. The summed E-state index contributed by atoms with van der Waals surface area (Å²) in [5, 5.41) is 5.98.